The Morgan fingerprint density at radius 3 is 2.72 bits per heavy atom. The molecule has 3 rings (SSSR count). The molecule has 0 unspecified atom stereocenters. The van der Waals surface area contributed by atoms with Gasteiger partial charge in [0.05, 0.1) is 0 Å². The maximum atomic E-state index is 12.4. The molecule has 2 amide bonds. The number of nitrogens with one attached hydrogen (secondary N) is 1. The molecule has 1 aliphatic heterocycles. The number of carbonyl (C=O) groups excluding carboxylic acids is 2. The molecule has 0 bridgehead atoms. The molecule has 2 heterocycles. The highest BCUT2D eigenvalue weighted by molar-refractivity contribution is 7.15. The minimum absolute atomic E-state index is 0.0210. The molecular weight excluding hydrogens is 336 g/mol. The summed E-state index contributed by atoms with van der Waals surface area (Å²) in [5.74, 6) is 0.0686. The third kappa shape index (κ3) is 4.04. The van der Waals surface area contributed by atoms with Crippen molar-refractivity contribution in [2.75, 3.05) is 16.8 Å². The van der Waals surface area contributed by atoms with E-state index in [1.807, 2.05) is 19.1 Å². The van der Waals surface area contributed by atoms with Gasteiger partial charge in [-0.1, -0.05) is 37.3 Å². The van der Waals surface area contributed by atoms with E-state index in [1.54, 1.807) is 4.90 Å². The van der Waals surface area contributed by atoms with Crippen LogP contribution in [0.2, 0.25) is 0 Å². The third-order valence-electron chi connectivity index (χ3n) is 4.29. The zero-order chi connectivity index (χ0) is 17.8. The van der Waals surface area contributed by atoms with E-state index in [-0.39, 0.29) is 17.7 Å². The number of aryl methyl sites for hydroxylation is 1. The molecule has 0 radical (unpaired) electrons. The molecule has 1 N–H and O–H groups in total. The second-order valence-electron chi connectivity index (χ2n) is 6.17. The predicted molar refractivity (Wildman–Crippen MR) is 99.0 cm³/mol. The van der Waals surface area contributed by atoms with E-state index in [9.17, 15) is 9.59 Å². The molecule has 1 aliphatic rings. The van der Waals surface area contributed by atoms with Crippen LogP contribution in [-0.4, -0.2) is 28.6 Å². The first-order chi connectivity index (χ1) is 12.1. The van der Waals surface area contributed by atoms with Crippen molar-refractivity contribution in [1.29, 1.82) is 0 Å². The molecule has 1 aromatic heterocycles. The lowest BCUT2D eigenvalue weighted by atomic mass is 10.1. The second kappa shape index (κ2) is 7.74. The number of hydrogen-bond acceptors (Lipinski definition) is 5. The Morgan fingerprint density at radius 1 is 1.28 bits per heavy atom. The van der Waals surface area contributed by atoms with Gasteiger partial charge < -0.3 is 10.2 Å². The molecule has 0 aliphatic carbocycles. The zero-order valence-corrected chi connectivity index (χ0v) is 15.3. The minimum atomic E-state index is -0.0506. The van der Waals surface area contributed by atoms with Crippen LogP contribution in [0, 0.1) is 0 Å². The van der Waals surface area contributed by atoms with Crippen molar-refractivity contribution in [3.63, 3.8) is 0 Å². The smallest absolute Gasteiger partial charge is 0.227 e. The highest BCUT2D eigenvalue weighted by atomic mass is 32.1. The summed E-state index contributed by atoms with van der Waals surface area (Å²) >= 11 is 1.36. The zero-order valence-electron chi connectivity index (χ0n) is 14.5. The standard InChI is InChI=1S/C18H22N4O2S/c1-3-5-15(23)19-18-21-20-17(25-18)13-10-16(24)22(11-13)14-8-6-12(4-2)7-9-14/h6-9,13H,3-5,10-11H2,1-2H3,(H,19,21,23)/t13-/m1/s1. The van der Waals surface area contributed by atoms with Gasteiger partial charge in [-0.05, 0) is 30.5 Å². The lowest BCUT2D eigenvalue weighted by Gasteiger charge is -2.16. The van der Waals surface area contributed by atoms with Crippen molar-refractivity contribution in [3.8, 4) is 0 Å². The van der Waals surface area contributed by atoms with Crippen LogP contribution in [0.5, 0.6) is 0 Å². The summed E-state index contributed by atoms with van der Waals surface area (Å²) in [5, 5.41) is 12.3. The van der Waals surface area contributed by atoms with Gasteiger partial charge in [0.25, 0.3) is 0 Å². The average Bonchev–Trinajstić information content (AvgIpc) is 3.22. The minimum Gasteiger partial charge on any atom is -0.312 e. The third-order valence-corrected chi connectivity index (χ3v) is 5.30. The van der Waals surface area contributed by atoms with Gasteiger partial charge in [0.1, 0.15) is 5.01 Å². The fourth-order valence-electron chi connectivity index (χ4n) is 2.89. The molecule has 1 saturated heterocycles. The number of rotatable bonds is 6. The van der Waals surface area contributed by atoms with Crippen LogP contribution in [0.25, 0.3) is 0 Å². The maximum Gasteiger partial charge on any atom is 0.227 e. The van der Waals surface area contributed by atoms with Crippen LogP contribution < -0.4 is 10.2 Å². The molecule has 1 fully saturated rings. The first-order valence-electron chi connectivity index (χ1n) is 8.63. The Bertz CT molecular complexity index is 757. The van der Waals surface area contributed by atoms with Crippen LogP contribution in [0.15, 0.2) is 24.3 Å². The quantitative estimate of drug-likeness (QED) is 0.859. The largest absolute Gasteiger partial charge is 0.312 e. The Hall–Kier alpha value is -2.28. The number of anilines is 2. The van der Waals surface area contributed by atoms with Gasteiger partial charge in [-0.15, -0.1) is 10.2 Å². The summed E-state index contributed by atoms with van der Waals surface area (Å²) in [5.41, 5.74) is 2.18. The highest BCUT2D eigenvalue weighted by Gasteiger charge is 2.33. The van der Waals surface area contributed by atoms with E-state index < -0.39 is 0 Å². The van der Waals surface area contributed by atoms with Crippen LogP contribution >= 0.6 is 11.3 Å². The number of aromatic nitrogens is 2. The Balaban J connectivity index is 1.67. The first-order valence-corrected chi connectivity index (χ1v) is 9.45. The average molecular weight is 358 g/mol. The summed E-state index contributed by atoms with van der Waals surface area (Å²) in [6.45, 7) is 4.66. The van der Waals surface area contributed by atoms with E-state index in [0.717, 1.165) is 23.5 Å². The monoisotopic (exact) mass is 358 g/mol. The van der Waals surface area contributed by atoms with Gasteiger partial charge in [-0.25, -0.2) is 0 Å². The topological polar surface area (TPSA) is 75.2 Å². The number of hydrogen-bond donors (Lipinski definition) is 1. The summed E-state index contributed by atoms with van der Waals surface area (Å²) in [4.78, 5) is 25.9. The van der Waals surface area contributed by atoms with Crippen LogP contribution in [0.3, 0.4) is 0 Å². The second-order valence-corrected chi connectivity index (χ2v) is 7.18. The molecule has 1 aromatic carbocycles. The van der Waals surface area contributed by atoms with Gasteiger partial charge in [-0.2, -0.15) is 0 Å². The summed E-state index contributed by atoms with van der Waals surface area (Å²) in [7, 11) is 0. The van der Waals surface area contributed by atoms with Crippen molar-refractivity contribution in [3.05, 3.63) is 34.8 Å². The lowest BCUT2D eigenvalue weighted by molar-refractivity contribution is -0.117. The van der Waals surface area contributed by atoms with Gasteiger partial charge in [0.15, 0.2) is 0 Å². The van der Waals surface area contributed by atoms with Crippen molar-refractivity contribution in [2.24, 2.45) is 0 Å². The first kappa shape index (κ1) is 17.5. The van der Waals surface area contributed by atoms with E-state index >= 15 is 0 Å². The van der Waals surface area contributed by atoms with Gasteiger partial charge in [0.2, 0.25) is 16.9 Å². The number of carbonyl (C=O) groups is 2. The number of nitrogens with zero attached hydrogens (tertiary/aromatic N) is 3. The fourth-order valence-corrected chi connectivity index (χ4v) is 3.74. The number of amides is 2. The van der Waals surface area contributed by atoms with Crippen molar-refractivity contribution >= 4 is 34.0 Å². The molecule has 1 atom stereocenters. The lowest BCUT2D eigenvalue weighted by Crippen LogP contribution is -2.24. The molecule has 6 nitrogen and oxygen atoms in total. The Morgan fingerprint density at radius 2 is 2.04 bits per heavy atom. The molecule has 0 spiro atoms. The van der Waals surface area contributed by atoms with E-state index in [2.05, 4.69) is 34.6 Å². The fraction of sp³-hybridized carbons (Fsp3) is 0.444. The Labute approximate surface area is 151 Å². The van der Waals surface area contributed by atoms with Crippen molar-refractivity contribution < 1.29 is 9.59 Å². The van der Waals surface area contributed by atoms with Crippen molar-refractivity contribution in [2.45, 2.75) is 45.4 Å². The summed E-state index contributed by atoms with van der Waals surface area (Å²) < 4.78 is 0. The van der Waals surface area contributed by atoms with Gasteiger partial charge in [0, 0.05) is 31.0 Å². The highest BCUT2D eigenvalue weighted by Crippen LogP contribution is 2.34. The summed E-state index contributed by atoms with van der Waals surface area (Å²) in [6, 6.07) is 8.11. The van der Waals surface area contributed by atoms with Crippen LogP contribution in [-0.2, 0) is 16.0 Å². The molecule has 132 valence electrons. The van der Waals surface area contributed by atoms with Crippen molar-refractivity contribution in [1.82, 2.24) is 10.2 Å². The SMILES string of the molecule is CCCC(=O)Nc1nnc([C@@H]2CC(=O)N(c3ccc(CC)cc3)C2)s1. The molecular formula is C18H22N4O2S. The number of benzene rings is 1. The van der Waals surface area contributed by atoms with Crippen LogP contribution in [0.4, 0.5) is 10.8 Å². The van der Waals surface area contributed by atoms with E-state index in [4.69, 9.17) is 0 Å². The molecule has 0 saturated carbocycles. The summed E-state index contributed by atoms with van der Waals surface area (Å²) in [6.07, 6.45) is 2.67. The van der Waals surface area contributed by atoms with E-state index in [1.165, 1.54) is 16.9 Å². The molecule has 2 aromatic rings. The molecule has 7 heteroatoms. The van der Waals surface area contributed by atoms with E-state index in [0.29, 0.717) is 24.5 Å². The molecule has 25 heavy (non-hydrogen) atoms. The van der Waals surface area contributed by atoms with Gasteiger partial charge in [-0.3, -0.25) is 9.59 Å². The van der Waals surface area contributed by atoms with Gasteiger partial charge >= 0.3 is 0 Å². The normalized spacial score (nSPS) is 17.1. The maximum absolute atomic E-state index is 12.4. The van der Waals surface area contributed by atoms with Crippen LogP contribution in [0.1, 0.15) is 49.6 Å². The Kier molecular flexibility index (Phi) is 5.43. The predicted octanol–water partition coefficient (Wildman–Crippen LogP) is 3.36.